The van der Waals surface area contributed by atoms with E-state index in [0.29, 0.717) is 24.3 Å². The van der Waals surface area contributed by atoms with E-state index < -0.39 is 16.8 Å². The van der Waals surface area contributed by atoms with Crippen molar-refractivity contribution in [3.63, 3.8) is 0 Å². The Labute approximate surface area is 114 Å². The van der Waals surface area contributed by atoms with Gasteiger partial charge in [0.05, 0.1) is 10.5 Å². The first kappa shape index (κ1) is 16.4. The molecule has 0 saturated heterocycles. The molecule has 0 saturated carbocycles. The summed E-state index contributed by atoms with van der Waals surface area (Å²) in [5.41, 5.74) is -1.40. The molecule has 0 aliphatic heterocycles. The highest BCUT2D eigenvalue weighted by Gasteiger charge is 2.37. The van der Waals surface area contributed by atoms with Gasteiger partial charge in [0, 0.05) is 11.7 Å². The molecule has 1 rings (SSSR count). The van der Waals surface area contributed by atoms with Gasteiger partial charge in [-0.3, -0.25) is 0 Å². The molecule has 7 heteroatoms. The average Bonchev–Trinajstić information content (AvgIpc) is 2.62. The molecule has 0 amide bonds. The fourth-order valence-electron chi connectivity index (χ4n) is 1.46. The van der Waals surface area contributed by atoms with Crippen molar-refractivity contribution in [1.29, 1.82) is 0 Å². The van der Waals surface area contributed by atoms with E-state index in [2.05, 4.69) is 10.3 Å². The molecule has 1 aromatic heterocycles. The first-order chi connectivity index (χ1) is 8.42. The van der Waals surface area contributed by atoms with E-state index in [9.17, 15) is 18.3 Å². The highest BCUT2D eigenvalue weighted by Crippen LogP contribution is 2.37. The number of hydrogen-bond acceptors (Lipinski definition) is 4. The molecule has 0 aliphatic carbocycles. The number of nitrogens with one attached hydrogen (secondary N) is 1. The van der Waals surface area contributed by atoms with Crippen molar-refractivity contribution in [1.82, 2.24) is 10.3 Å². The number of rotatable bonds is 4. The molecule has 0 radical (unpaired) electrons. The minimum atomic E-state index is -4.46. The van der Waals surface area contributed by atoms with Crippen LogP contribution in [-0.2, 0) is 11.8 Å². The predicted octanol–water partition coefficient (Wildman–Crippen LogP) is 3.15. The third-order valence-electron chi connectivity index (χ3n) is 2.55. The summed E-state index contributed by atoms with van der Waals surface area (Å²) in [5, 5.41) is 12.5. The van der Waals surface area contributed by atoms with Crippen LogP contribution in [-0.4, -0.2) is 22.2 Å². The first-order valence-electron chi connectivity index (χ1n) is 5.93. The zero-order chi connectivity index (χ0) is 14.9. The molecule has 0 spiro atoms. The van der Waals surface area contributed by atoms with Gasteiger partial charge in [-0.2, -0.15) is 13.2 Å². The molecule has 1 unspecified atom stereocenters. The third-order valence-corrected chi connectivity index (χ3v) is 3.84. The summed E-state index contributed by atoms with van der Waals surface area (Å²) in [6.45, 7) is 7.96. The van der Waals surface area contributed by atoms with Gasteiger partial charge >= 0.3 is 6.18 Å². The molecule has 1 heterocycles. The highest BCUT2D eigenvalue weighted by molar-refractivity contribution is 7.11. The Hall–Kier alpha value is -0.660. The Morgan fingerprint density at radius 1 is 1.26 bits per heavy atom. The smallest absolute Gasteiger partial charge is 0.385 e. The van der Waals surface area contributed by atoms with E-state index in [1.54, 1.807) is 0 Å². The van der Waals surface area contributed by atoms with Crippen LogP contribution in [0.3, 0.4) is 0 Å². The van der Waals surface area contributed by atoms with Gasteiger partial charge in [-0.05, 0) is 40.7 Å². The average molecular weight is 296 g/mol. The second kappa shape index (κ2) is 5.38. The quantitative estimate of drug-likeness (QED) is 0.897. The monoisotopic (exact) mass is 296 g/mol. The van der Waals surface area contributed by atoms with E-state index in [-0.39, 0.29) is 10.4 Å². The van der Waals surface area contributed by atoms with E-state index >= 15 is 0 Å². The zero-order valence-corrected chi connectivity index (χ0v) is 12.2. The van der Waals surface area contributed by atoms with Crippen LogP contribution in [0.1, 0.15) is 44.0 Å². The van der Waals surface area contributed by atoms with Gasteiger partial charge < -0.3 is 10.4 Å². The number of thiazole rings is 1. The lowest BCUT2D eigenvalue weighted by molar-refractivity contribution is -0.137. The van der Waals surface area contributed by atoms with Gasteiger partial charge in [-0.1, -0.05) is 0 Å². The second-order valence-corrected chi connectivity index (χ2v) is 6.76. The number of aromatic nitrogens is 1. The Morgan fingerprint density at radius 2 is 1.84 bits per heavy atom. The molecular formula is C12H19F3N2OS. The summed E-state index contributed by atoms with van der Waals surface area (Å²) in [4.78, 5) is 3.56. The minimum Gasteiger partial charge on any atom is -0.385 e. The fourth-order valence-corrected chi connectivity index (χ4v) is 2.32. The second-order valence-electron chi connectivity index (χ2n) is 5.73. The van der Waals surface area contributed by atoms with Crippen molar-refractivity contribution in [2.24, 2.45) is 0 Å². The molecule has 0 aliphatic rings. The molecule has 1 atom stereocenters. The van der Waals surface area contributed by atoms with Crippen molar-refractivity contribution < 1.29 is 18.3 Å². The molecule has 0 aromatic carbocycles. The first-order valence-corrected chi connectivity index (χ1v) is 6.74. The highest BCUT2D eigenvalue weighted by atomic mass is 32.1. The molecule has 19 heavy (non-hydrogen) atoms. The van der Waals surface area contributed by atoms with Gasteiger partial charge in [0.1, 0.15) is 0 Å². The Bertz CT molecular complexity index is 421. The van der Waals surface area contributed by atoms with Crippen LogP contribution in [0.25, 0.3) is 0 Å². The fraction of sp³-hybridized carbons (Fsp3) is 0.750. The van der Waals surface area contributed by atoms with Crippen LogP contribution in [0, 0.1) is 0 Å². The van der Waals surface area contributed by atoms with Crippen molar-refractivity contribution >= 4 is 11.3 Å². The minimum absolute atomic E-state index is 0.0963. The topological polar surface area (TPSA) is 45.1 Å². The van der Waals surface area contributed by atoms with E-state index in [4.69, 9.17) is 0 Å². The summed E-state index contributed by atoms with van der Waals surface area (Å²) >= 11 is 0.491. The van der Waals surface area contributed by atoms with E-state index in [1.165, 1.54) is 6.92 Å². The standard InChI is InChI=1S/C12H19F3N2OS/c1-10(2,3)17-6-5-11(4,18)8-7-16-9(19-8)12(13,14)15/h7,17-18H,5-6H2,1-4H3. The molecular weight excluding hydrogens is 277 g/mol. The molecule has 110 valence electrons. The molecule has 0 bridgehead atoms. The summed E-state index contributed by atoms with van der Waals surface area (Å²) in [5.74, 6) is 0. The lowest BCUT2D eigenvalue weighted by atomic mass is 10.00. The van der Waals surface area contributed by atoms with Crippen molar-refractivity contribution in [3.8, 4) is 0 Å². The number of alkyl halides is 3. The Morgan fingerprint density at radius 3 is 2.26 bits per heavy atom. The van der Waals surface area contributed by atoms with Crippen LogP contribution >= 0.6 is 11.3 Å². The molecule has 3 nitrogen and oxygen atoms in total. The number of halogens is 3. The third kappa shape index (κ3) is 5.08. The lowest BCUT2D eigenvalue weighted by Crippen LogP contribution is -2.38. The Kier molecular flexibility index (Phi) is 4.64. The summed E-state index contributed by atoms with van der Waals surface area (Å²) < 4.78 is 37.4. The van der Waals surface area contributed by atoms with Crippen molar-refractivity contribution in [2.45, 2.75) is 51.4 Å². The molecule has 1 aromatic rings. The maximum Gasteiger partial charge on any atom is 0.443 e. The van der Waals surface area contributed by atoms with E-state index in [1.807, 2.05) is 20.8 Å². The lowest BCUT2D eigenvalue weighted by Gasteiger charge is -2.26. The molecule has 0 fully saturated rings. The summed E-state index contributed by atoms with van der Waals surface area (Å²) in [7, 11) is 0. The van der Waals surface area contributed by atoms with Crippen molar-refractivity contribution in [2.75, 3.05) is 6.54 Å². The summed E-state index contributed by atoms with van der Waals surface area (Å²) in [6.07, 6.45) is -3.03. The van der Waals surface area contributed by atoms with Crippen LogP contribution in [0.5, 0.6) is 0 Å². The van der Waals surface area contributed by atoms with Crippen LogP contribution in [0.4, 0.5) is 13.2 Å². The van der Waals surface area contributed by atoms with Gasteiger partial charge in [0.2, 0.25) is 0 Å². The molecule has 2 N–H and O–H groups in total. The van der Waals surface area contributed by atoms with Crippen LogP contribution in [0.15, 0.2) is 6.20 Å². The largest absolute Gasteiger partial charge is 0.443 e. The van der Waals surface area contributed by atoms with Gasteiger partial charge in [-0.25, -0.2) is 4.98 Å². The van der Waals surface area contributed by atoms with Gasteiger partial charge in [-0.15, -0.1) is 11.3 Å². The van der Waals surface area contributed by atoms with Crippen molar-refractivity contribution in [3.05, 3.63) is 16.1 Å². The predicted molar refractivity (Wildman–Crippen MR) is 69.1 cm³/mol. The maximum absolute atomic E-state index is 12.5. The summed E-state index contributed by atoms with van der Waals surface area (Å²) in [6, 6.07) is 0. The number of aliphatic hydroxyl groups is 1. The van der Waals surface area contributed by atoms with Crippen LogP contribution < -0.4 is 5.32 Å². The van der Waals surface area contributed by atoms with Gasteiger partial charge in [0.25, 0.3) is 0 Å². The maximum atomic E-state index is 12.5. The van der Waals surface area contributed by atoms with Crippen LogP contribution in [0.2, 0.25) is 0 Å². The van der Waals surface area contributed by atoms with Gasteiger partial charge in [0.15, 0.2) is 5.01 Å². The Balaban J connectivity index is 2.69. The number of nitrogens with zero attached hydrogens (tertiary/aromatic N) is 1. The SMILES string of the molecule is CC(C)(C)NCCC(C)(O)c1cnc(C(F)(F)F)s1. The van der Waals surface area contributed by atoms with E-state index in [0.717, 1.165) is 6.20 Å². The normalized spacial score (nSPS) is 16.4. The number of hydrogen-bond donors (Lipinski definition) is 2. The zero-order valence-electron chi connectivity index (χ0n) is 11.4.